The lowest BCUT2D eigenvalue weighted by molar-refractivity contribution is -0.384. The van der Waals surface area contributed by atoms with Crippen molar-refractivity contribution in [2.24, 2.45) is 5.92 Å². The van der Waals surface area contributed by atoms with Gasteiger partial charge in [-0.3, -0.25) is 10.1 Å². The molecule has 0 aromatic heterocycles. The molecule has 32 heavy (non-hydrogen) atoms. The fraction of sp³-hybridized carbons (Fsp3) is 0.368. The van der Waals surface area contributed by atoms with Crippen LogP contribution < -0.4 is 10.1 Å². The third-order valence-corrected chi connectivity index (χ3v) is 5.02. The van der Waals surface area contributed by atoms with Gasteiger partial charge in [0, 0.05) is 31.2 Å². The van der Waals surface area contributed by atoms with Crippen LogP contribution in [0.2, 0.25) is 10.0 Å². The standard InChI is InChI=1S/C19H17Cl2F5N2O4/c1-10(18(22,23)24)19(25,26)32-17-8-14(20)16(7-15(17)21)27-9-13(29)6-11-2-4-12(5-3-11)28(30)31/h2-5,7-8,10,13,27,29H,6,9H2,1H3. The summed E-state index contributed by atoms with van der Waals surface area (Å²) < 4.78 is 69.6. The summed E-state index contributed by atoms with van der Waals surface area (Å²) in [5.74, 6) is -3.83. The molecule has 0 aliphatic carbocycles. The van der Waals surface area contributed by atoms with Gasteiger partial charge in [0.25, 0.3) is 5.69 Å². The van der Waals surface area contributed by atoms with Crippen LogP contribution in [0.15, 0.2) is 36.4 Å². The highest BCUT2D eigenvalue weighted by Gasteiger charge is 2.55. The van der Waals surface area contributed by atoms with E-state index in [1.54, 1.807) is 0 Å². The Morgan fingerprint density at radius 1 is 1.12 bits per heavy atom. The molecule has 0 saturated carbocycles. The van der Waals surface area contributed by atoms with Crippen LogP contribution in [0.1, 0.15) is 12.5 Å². The van der Waals surface area contributed by atoms with Crippen LogP contribution in [0.3, 0.4) is 0 Å². The highest BCUT2D eigenvalue weighted by Crippen LogP contribution is 2.42. The third-order valence-electron chi connectivity index (χ3n) is 4.41. The number of hydrogen-bond donors (Lipinski definition) is 2. The maximum absolute atomic E-state index is 13.8. The maximum Gasteiger partial charge on any atom is 0.409 e. The normalized spacial score (nSPS) is 14.0. The molecule has 0 fully saturated rings. The molecule has 0 bridgehead atoms. The summed E-state index contributed by atoms with van der Waals surface area (Å²) in [6, 6.07) is 7.47. The largest absolute Gasteiger partial charge is 0.430 e. The first kappa shape index (κ1) is 25.9. The third kappa shape index (κ3) is 6.81. The van der Waals surface area contributed by atoms with Crippen LogP contribution in [0.25, 0.3) is 0 Å². The van der Waals surface area contributed by atoms with Gasteiger partial charge in [0.15, 0.2) is 5.92 Å². The maximum atomic E-state index is 13.8. The van der Waals surface area contributed by atoms with Gasteiger partial charge in [0.2, 0.25) is 0 Å². The van der Waals surface area contributed by atoms with Gasteiger partial charge >= 0.3 is 12.3 Å². The molecular weight excluding hydrogens is 486 g/mol. The van der Waals surface area contributed by atoms with Crippen LogP contribution in [0.4, 0.5) is 33.3 Å². The molecule has 2 aromatic rings. The fourth-order valence-electron chi connectivity index (χ4n) is 2.49. The van der Waals surface area contributed by atoms with Crippen LogP contribution >= 0.6 is 23.2 Å². The first-order valence-corrected chi connectivity index (χ1v) is 9.74. The summed E-state index contributed by atoms with van der Waals surface area (Å²) in [5.41, 5.74) is 0.651. The van der Waals surface area contributed by atoms with Gasteiger partial charge in [0.1, 0.15) is 5.75 Å². The Balaban J connectivity index is 2.03. The first-order valence-electron chi connectivity index (χ1n) is 8.98. The van der Waals surface area contributed by atoms with Crippen molar-refractivity contribution in [2.75, 3.05) is 11.9 Å². The summed E-state index contributed by atoms with van der Waals surface area (Å²) in [7, 11) is 0. The predicted octanol–water partition coefficient (Wildman–Crippen LogP) is 6.09. The van der Waals surface area contributed by atoms with Crippen molar-refractivity contribution < 1.29 is 36.7 Å². The number of nitrogens with zero attached hydrogens (tertiary/aromatic N) is 1. The number of anilines is 1. The number of non-ortho nitro benzene ring substituents is 1. The number of nitrogens with one attached hydrogen (secondary N) is 1. The van der Waals surface area contributed by atoms with Gasteiger partial charge in [-0.1, -0.05) is 35.3 Å². The van der Waals surface area contributed by atoms with Crippen molar-refractivity contribution in [2.45, 2.75) is 31.7 Å². The lowest BCUT2D eigenvalue weighted by Crippen LogP contribution is -2.41. The Morgan fingerprint density at radius 3 is 2.25 bits per heavy atom. The van der Waals surface area contributed by atoms with E-state index in [-0.39, 0.29) is 36.3 Å². The van der Waals surface area contributed by atoms with E-state index >= 15 is 0 Å². The Hall–Kier alpha value is -2.37. The van der Waals surface area contributed by atoms with Gasteiger partial charge in [-0.15, -0.1) is 0 Å². The van der Waals surface area contributed by atoms with E-state index in [1.165, 1.54) is 24.3 Å². The zero-order valence-electron chi connectivity index (χ0n) is 16.3. The van der Waals surface area contributed by atoms with Crippen molar-refractivity contribution in [3.8, 4) is 5.75 Å². The zero-order chi connectivity index (χ0) is 24.3. The van der Waals surface area contributed by atoms with Gasteiger partial charge in [-0.2, -0.15) is 22.0 Å². The van der Waals surface area contributed by atoms with Crippen molar-refractivity contribution in [1.29, 1.82) is 0 Å². The molecular formula is C19H17Cl2F5N2O4. The monoisotopic (exact) mass is 502 g/mol. The van der Waals surface area contributed by atoms with E-state index in [0.717, 1.165) is 12.1 Å². The van der Waals surface area contributed by atoms with E-state index in [2.05, 4.69) is 10.1 Å². The molecule has 0 radical (unpaired) electrons. The summed E-state index contributed by atoms with van der Waals surface area (Å²) in [6.45, 7) is 0.215. The van der Waals surface area contributed by atoms with Crippen molar-refractivity contribution in [1.82, 2.24) is 0 Å². The molecule has 0 amide bonds. The van der Waals surface area contributed by atoms with E-state index in [1.807, 2.05) is 0 Å². The first-order chi connectivity index (χ1) is 14.7. The average Bonchev–Trinajstić information content (AvgIpc) is 2.68. The zero-order valence-corrected chi connectivity index (χ0v) is 17.8. The fourth-order valence-corrected chi connectivity index (χ4v) is 2.92. The summed E-state index contributed by atoms with van der Waals surface area (Å²) in [4.78, 5) is 10.1. The molecule has 0 aliphatic rings. The SMILES string of the molecule is CC(C(F)(F)F)C(F)(F)Oc1cc(Cl)c(NCC(O)Cc2ccc([N+](=O)[O-])cc2)cc1Cl. The number of nitro benzene ring substituents is 1. The van der Waals surface area contributed by atoms with E-state index in [4.69, 9.17) is 23.2 Å². The molecule has 0 heterocycles. The number of halogens is 7. The van der Waals surface area contributed by atoms with Gasteiger partial charge in [-0.05, 0) is 18.6 Å². The number of hydrogen-bond acceptors (Lipinski definition) is 5. The second-order valence-electron chi connectivity index (χ2n) is 6.85. The Labute approximate surface area is 189 Å². The molecule has 2 unspecified atom stereocenters. The predicted molar refractivity (Wildman–Crippen MR) is 109 cm³/mol. The molecule has 2 atom stereocenters. The van der Waals surface area contributed by atoms with Gasteiger partial charge in [-0.25, -0.2) is 0 Å². The van der Waals surface area contributed by atoms with Crippen molar-refractivity contribution >= 4 is 34.6 Å². The summed E-state index contributed by atoms with van der Waals surface area (Å²) >= 11 is 11.8. The van der Waals surface area contributed by atoms with Gasteiger partial charge in [0.05, 0.1) is 26.8 Å². The lowest BCUT2D eigenvalue weighted by atomic mass is 10.1. The Kier molecular flexibility index (Phi) is 8.13. The number of alkyl halides is 5. The lowest BCUT2D eigenvalue weighted by Gasteiger charge is -2.26. The van der Waals surface area contributed by atoms with E-state index < -0.39 is 40.0 Å². The highest BCUT2D eigenvalue weighted by atomic mass is 35.5. The molecule has 0 spiro atoms. The van der Waals surface area contributed by atoms with Crippen molar-refractivity contribution in [3.05, 3.63) is 62.1 Å². The molecule has 0 saturated heterocycles. The molecule has 2 N–H and O–H groups in total. The van der Waals surface area contributed by atoms with Crippen LogP contribution in [0.5, 0.6) is 5.75 Å². The topological polar surface area (TPSA) is 84.6 Å². The number of aliphatic hydroxyl groups excluding tert-OH is 1. The number of aliphatic hydroxyl groups is 1. The minimum atomic E-state index is -5.19. The van der Waals surface area contributed by atoms with Crippen LogP contribution in [0, 0.1) is 16.0 Å². The molecule has 0 aliphatic heterocycles. The van der Waals surface area contributed by atoms with E-state index in [0.29, 0.717) is 5.56 Å². The average molecular weight is 503 g/mol. The van der Waals surface area contributed by atoms with E-state index in [9.17, 15) is 37.2 Å². The smallest absolute Gasteiger partial charge is 0.409 e. The highest BCUT2D eigenvalue weighted by molar-refractivity contribution is 6.36. The summed E-state index contributed by atoms with van der Waals surface area (Å²) in [5, 5.41) is 22.9. The number of nitro groups is 1. The second kappa shape index (κ2) is 10.1. The minimum absolute atomic E-state index is 0.0610. The van der Waals surface area contributed by atoms with Crippen LogP contribution in [-0.4, -0.2) is 35.0 Å². The Bertz CT molecular complexity index is 958. The molecule has 176 valence electrons. The summed E-state index contributed by atoms with van der Waals surface area (Å²) in [6.07, 6.45) is -10.6. The molecule has 6 nitrogen and oxygen atoms in total. The number of benzene rings is 2. The Morgan fingerprint density at radius 2 is 1.72 bits per heavy atom. The minimum Gasteiger partial charge on any atom is -0.430 e. The quantitative estimate of drug-likeness (QED) is 0.246. The molecule has 13 heteroatoms. The molecule has 2 aromatic carbocycles. The number of ether oxygens (including phenoxy) is 1. The molecule has 2 rings (SSSR count). The van der Waals surface area contributed by atoms with Gasteiger partial charge < -0.3 is 15.2 Å². The van der Waals surface area contributed by atoms with Crippen molar-refractivity contribution in [3.63, 3.8) is 0 Å². The second-order valence-corrected chi connectivity index (χ2v) is 7.67. The van der Waals surface area contributed by atoms with Crippen LogP contribution in [-0.2, 0) is 6.42 Å². The number of rotatable bonds is 9.